The fourth-order valence-corrected chi connectivity index (χ4v) is 4.73. The van der Waals surface area contributed by atoms with Crippen LogP contribution in [0.5, 0.6) is 6.01 Å². The predicted molar refractivity (Wildman–Crippen MR) is 164 cm³/mol. The van der Waals surface area contributed by atoms with Crippen molar-refractivity contribution in [2.24, 2.45) is 0 Å². The van der Waals surface area contributed by atoms with E-state index < -0.39 is 18.1 Å². The van der Waals surface area contributed by atoms with Crippen molar-refractivity contribution in [3.8, 4) is 17.1 Å². The molecular weight excluding hydrogens is 564 g/mol. The third-order valence-electron chi connectivity index (χ3n) is 6.73. The largest absolute Gasteiger partial charge is 0.465 e. The molecule has 0 saturated heterocycles. The lowest BCUT2D eigenvalue weighted by atomic mass is 9.97. The number of fused-ring (bicyclic) bond motifs is 1. The molecule has 0 bridgehead atoms. The smallest absolute Gasteiger partial charge is 0.340 e. The molecule has 3 aromatic carbocycles. The Balaban J connectivity index is 1.66. The van der Waals surface area contributed by atoms with Crippen molar-refractivity contribution in [3.05, 3.63) is 94.8 Å². The fourth-order valence-electron chi connectivity index (χ4n) is 4.73. The zero-order valence-electron chi connectivity index (χ0n) is 25.4. The van der Waals surface area contributed by atoms with Crippen LogP contribution in [0.4, 0.5) is 0 Å². The van der Waals surface area contributed by atoms with Gasteiger partial charge in [0.15, 0.2) is 0 Å². The molecule has 1 heterocycles. The highest BCUT2D eigenvalue weighted by atomic mass is 16.6. The Kier molecular flexibility index (Phi) is 10.8. The highest BCUT2D eigenvalue weighted by molar-refractivity contribution is 6.02. The van der Waals surface area contributed by atoms with E-state index in [2.05, 4.69) is 15.8 Å². The number of allylic oxidation sites excluding steroid dienone is 1. The minimum Gasteiger partial charge on any atom is -0.465 e. The first-order valence-electron chi connectivity index (χ1n) is 14.1. The topological polar surface area (TPSA) is 130 Å². The summed E-state index contributed by atoms with van der Waals surface area (Å²) >= 11 is 0. The Morgan fingerprint density at radius 1 is 1.00 bits per heavy atom. The molecule has 230 valence electrons. The van der Waals surface area contributed by atoms with Crippen LogP contribution in [0.15, 0.2) is 78.1 Å². The monoisotopic (exact) mass is 600 g/mol. The molecule has 11 nitrogen and oxygen atoms in total. The molecule has 0 fully saturated rings. The van der Waals surface area contributed by atoms with Gasteiger partial charge >= 0.3 is 11.9 Å². The van der Waals surface area contributed by atoms with Crippen LogP contribution < -0.4 is 15.5 Å². The average molecular weight is 601 g/mol. The fraction of sp³-hybridized carbons (Fsp3) is 0.273. The zero-order valence-corrected chi connectivity index (χ0v) is 25.4. The third-order valence-corrected chi connectivity index (χ3v) is 6.73. The molecule has 0 radical (unpaired) electrons. The molecule has 0 aliphatic rings. The van der Waals surface area contributed by atoms with Gasteiger partial charge in [0.1, 0.15) is 18.5 Å². The van der Waals surface area contributed by atoms with E-state index in [1.165, 1.54) is 14.0 Å². The number of ether oxygens (including phenoxy) is 3. The highest BCUT2D eigenvalue weighted by Crippen LogP contribution is 2.30. The number of amides is 1. The number of benzene rings is 3. The second-order valence-corrected chi connectivity index (χ2v) is 10.0. The summed E-state index contributed by atoms with van der Waals surface area (Å²) in [6.07, 6.45) is 0.0753. The first-order chi connectivity index (χ1) is 21.3. The van der Waals surface area contributed by atoms with Crippen molar-refractivity contribution in [3.63, 3.8) is 0 Å². The average Bonchev–Trinajstić information content (AvgIpc) is 3.36. The van der Waals surface area contributed by atoms with Gasteiger partial charge in [-0.25, -0.2) is 4.79 Å². The minimum absolute atomic E-state index is 0.185. The predicted octanol–water partition coefficient (Wildman–Crippen LogP) is 5.06. The number of hydroxylamine groups is 1. The molecule has 0 saturated carbocycles. The van der Waals surface area contributed by atoms with E-state index in [4.69, 9.17) is 19.0 Å². The molecule has 1 aromatic heterocycles. The third kappa shape index (κ3) is 7.49. The van der Waals surface area contributed by atoms with E-state index in [-0.39, 0.29) is 12.4 Å². The number of nitrogens with one attached hydrogen (secondary N) is 2. The van der Waals surface area contributed by atoms with Crippen LogP contribution in [0.25, 0.3) is 22.2 Å². The lowest BCUT2D eigenvalue weighted by molar-refractivity contribution is -0.137. The van der Waals surface area contributed by atoms with Crippen molar-refractivity contribution in [1.29, 1.82) is 0 Å². The molecule has 1 amide bonds. The maximum atomic E-state index is 13.3. The highest BCUT2D eigenvalue weighted by Gasteiger charge is 2.22. The van der Waals surface area contributed by atoms with E-state index in [0.29, 0.717) is 42.2 Å². The number of aromatic nitrogens is 2. The first kappa shape index (κ1) is 31.9. The quantitative estimate of drug-likeness (QED) is 0.0671. The van der Waals surface area contributed by atoms with Crippen LogP contribution in [-0.4, -0.2) is 48.2 Å². The molecule has 2 N–H and O–H groups in total. The number of rotatable bonds is 14. The van der Waals surface area contributed by atoms with Crippen LogP contribution in [0.3, 0.4) is 0 Å². The molecule has 0 aliphatic carbocycles. The van der Waals surface area contributed by atoms with E-state index >= 15 is 0 Å². The van der Waals surface area contributed by atoms with Crippen LogP contribution in [0, 0.1) is 0 Å². The van der Waals surface area contributed by atoms with Crippen LogP contribution in [-0.2, 0) is 30.4 Å². The Morgan fingerprint density at radius 3 is 2.41 bits per heavy atom. The van der Waals surface area contributed by atoms with Gasteiger partial charge in [-0.3, -0.25) is 14.2 Å². The van der Waals surface area contributed by atoms with Crippen LogP contribution >= 0.6 is 0 Å². The second-order valence-electron chi connectivity index (χ2n) is 10.0. The molecule has 0 aliphatic heterocycles. The Morgan fingerprint density at radius 2 is 1.75 bits per heavy atom. The molecule has 4 rings (SSSR count). The van der Waals surface area contributed by atoms with Gasteiger partial charge in [-0.2, -0.15) is 10.5 Å². The lowest BCUT2D eigenvalue weighted by Gasteiger charge is -2.20. The standard InChI is InChI=1S/C33H36N4O7/c1-6-42-33-35-28-13-9-12-27(32(40)43-19-29(21(2)3)44-22(4)39)30(28)37(33)18-23-14-16-24(17-15-23)25-10-7-8-11-26(25)31(34-20-38)36-41-5/h7-17,20,31,36H,6,18-19H2,1-5H3,(H,34,38). The number of hydrogen-bond acceptors (Lipinski definition) is 9. The molecule has 0 spiro atoms. The maximum absolute atomic E-state index is 13.3. The Hall–Kier alpha value is -5.00. The molecule has 44 heavy (non-hydrogen) atoms. The van der Waals surface area contributed by atoms with Gasteiger partial charge in [0, 0.05) is 6.92 Å². The lowest BCUT2D eigenvalue weighted by Crippen LogP contribution is -2.33. The van der Waals surface area contributed by atoms with Gasteiger partial charge in [0.2, 0.25) is 6.41 Å². The SMILES string of the molecule is CCOc1nc2cccc(C(=O)OCC(OC(C)=O)=C(C)C)c2n1Cc1ccc(-c2ccccc2C(NC=O)NOC)cc1. The zero-order chi connectivity index (χ0) is 31.6. The number of carbonyl (C=O) groups excluding carboxylic acids is 3. The van der Waals surface area contributed by atoms with Gasteiger partial charge < -0.3 is 24.4 Å². The van der Waals surface area contributed by atoms with E-state index in [9.17, 15) is 14.4 Å². The molecule has 1 atom stereocenters. The van der Waals surface area contributed by atoms with Crippen molar-refractivity contribution < 1.29 is 33.4 Å². The second kappa shape index (κ2) is 14.9. The number of hydrogen-bond donors (Lipinski definition) is 2. The summed E-state index contributed by atoms with van der Waals surface area (Å²) in [5.41, 5.74) is 8.61. The van der Waals surface area contributed by atoms with Crippen molar-refractivity contribution in [1.82, 2.24) is 20.3 Å². The summed E-state index contributed by atoms with van der Waals surface area (Å²) in [7, 11) is 1.49. The van der Waals surface area contributed by atoms with Gasteiger partial charge in [0.05, 0.1) is 36.9 Å². The van der Waals surface area contributed by atoms with Crippen LogP contribution in [0.1, 0.15) is 55.3 Å². The van der Waals surface area contributed by atoms with Gasteiger partial charge in [-0.1, -0.05) is 54.6 Å². The van der Waals surface area contributed by atoms with Crippen molar-refractivity contribution in [2.45, 2.75) is 40.4 Å². The Labute approximate surface area is 255 Å². The Bertz CT molecular complexity index is 1660. The van der Waals surface area contributed by atoms with E-state index in [1.54, 1.807) is 26.0 Å². The normalized spacial score (nSPS) is 11.5. The summed E-state index contributed by atoms with van der Waals surface area (Å²) in [5, 5.41) is 2.73. The van der Waals surface area contributed by atoms with E-state index in [0.717, 1.165) is 27.8 Å². The summed E-state index contributed by atoms with van der Waals surface area (Å²) in [6, 6.07) is 21.2. The molecule has 4 aromatic rings. The van der Waals surface area contributed by atoms with Crippen molar-refractivity contribution in [2.75, 3.05) is 20.3 Å². The molecule has 11 heteroatoms. The van der Waals surface area contributed by atoms with Crippen molar-refractivity contribution >= 4 is 29.4 Å². The van der Waals surface area contributed by atoms with Gasteiger partial charge in [0.25, 0.3) is 6.01 Å². The van der Waals surface area contributed by atoms with Crippen LogP contribution in [0.2, 0.25) is 0 Å². The number of esters is 2. The van der Waals surface area contributed by atoms with E-state index in [1.807, 2.05) is 66.1 Å². The van der Waals surface area contributed by atoms with Gasteiger partial charge in [-0.05, 0) is 60.7 Å². The number of carbonyl (C=O) groups is 3. The summed E-state index contributed by atoms with van der Waals surface area (Å²) in [6.45, 7) is 7.28. The number of para-hydroxylation sites is 1. The summed E-state index contributed by atoms with van der Waals surface area (Å²) in [4.78, 5) is 45.7. The van der Waals surface area contributed by atoms with Gasteiger partial charge in [-0.15, -0.1) is 0 Å². The number of nitrogens with zero attached hydrogens (tertiary/aromatic N) is 2. The summed E-state index contributed by atoms with van der Waals surface area (Å²) < 4.78 is 18.5. The minimum atomic E-state index is -0.583. The molecular formula is C33H36N4O7. The maximum Gasteiger partial charge on any atom is 0.340 e. The first-order valence-corrected chi connectivity index (χ1v) is 14.1. The number of imidazole rings is 1. The summed E-state index contributed by atoms with van der Waals surface area (Å²) in [5.74, 6) is -0.785. The molecule has 1 unspecified atom stereocenters.